The van der Waals surface area contributed by atoms with Crippen LogP contribution in [0, 0.1) is 17.6 Å². The van der Waals surface area contributed by atoms with Crippen molar-refractivity contribution >= 4 is 0 Å². The number of hydrogen-bond donors (Lipinski definition) is 1. The van der Waals surface area contributed by atoms with Gasteiger partial charge in [0.15, 0.2) is 0 Å². The van der Waals surface area contributed by atoms with Crippen LogP contribution in [0.25, 0.3) is 0 Å². The highest BCUT2D eigenvalue weighted by Crippen LogP contribution is 2.36. The van der Waals surface area contributed by atoms with E-state index in [1.807, 2.05) is 6.92 Å². The molecule has 2 atom stereocenters. The van der Waals surface area contributed by atoms with Crippen molar-refractivity contribution in [3.8, 4) is 0 Å². The van der Waals surface area contributed by atoms with Crippen LogP contribution in [0.5, 0.6) is 0 Å². The second kappa shape index (κ2) is 5.76. The molecule has 0 aromatic heterocycles. The minimum absolute atomic E-state index is 0.0420. The Kier molecular flexibility index (Phi) is 4.30. The Labute approximate surface area is 106 Å². The number of hydrogen-bond acceptors (Lipinski definition) is 2. The van der Waals surface area contributed by atoms with E-state index in [-0.39, 0.29) is 18.1 Å². The largest absolute Gasteiger partial charge is 0.390 e. The lowest BCUT2D eigenvalue weighted by Crippen LogP contribution is -2.33. The first kappa shape index (κ1) is 13.4. The highest BCUT2D eigenvalue weighted by atomic mass is 19.1. The summed E-state index contributed by atoms with van der Waals surface area (Å²) in [5.74, 6) is -0.894. The van der Waals surface area contributed by atoms with Crippen molar-refractivity contribution in [1.29, 1.82) is 0 Å². The molecule has 0 heterocycles. The van der Waals surface area contributed by atoms with Gasteiger partial charge in [0.2, 0.25) is 0 Å². The molecular formula is C14H18F2O2. The number of halogens is 2. The van der Waals surface area contributed by atoms with Gasteiger partial charge in [-0.05, 0) is 37.8 Å². The second-order valence-corrected chi connectivity index (χ2v) is 4.73. The maximum absolute atomic E-state index is 13.5. The van der Waals surface area contributed by atoms with Gasteiger partial charge >= 0.3 is 0 Å². The van der Waals surface area contributed by atoms with Crippen molar-refractivity contribution in [3.63, 3.8) is 0 Å². The van der Waals surface area contributed by atoms with Gasteiger partial charge in [-0.25, -0.2) is 8.78 Å². The first-order valence-electron chi connectivity index (χ1n) is 6.36. The van der Waals surface area contributed by atoms with E-state index in [0.29, 0.717) is 12.5 Å². The Morgan fingerprint density at radius 3 is 2.44 bits per heavy atom. The molecule has 0 amide bonds. The van der Waals surface area contributed by atoms with Gasteiger partial charge in [-0.3, -0.25) is 0 Å². The number of aliphatic hydroxyl groups is 1. The molecule has 2 unspecified atom stereocenters. The number of benzene rings is 1. The summed E-state index contributed by atoms with van der Waals surface area (Å²) in [4.78, 5) is 0. The summed E-state index contributed by atoms with van der Waals surface area (Å²) in [6.45, 7) is 2.35. The van der Waals surface area contributed by atoms with Gasteiger partial charge in [0.1, 0.15) is 11.6 Å². The molecule has 2 nitrogen and oxygen atoms in total. The molecule has 2 rings (SSSR count). The number of ether oxygens (including phenoxy) is 1. The summed E-state index contributed by atoms with van der Waals surface area (Å²) >= 11 is 0. The molecule has 18 heavy (non-hydrogen) atoms. The van der Waals surface area contributed by atoms with Gasteiger partial charge in [0, 0.05) is 18.6 Å². The average Bonchev–Trinajstić information content (AvgIpc) is 3.15. The predicted octanol–water partition coefficient (Wildman–Crippen LogP) is 2.68. The summed E-state index contributed by atoms with van der Waals surface area (Å²) in [6, 6.07) is 3.73. The summed E-state index contributed by atoms with van der Waals surface area (Å²) in [7, 11) is 0. The summed E-state index contributed by atoms with van der Waals surface area (Å²) in [5.41, 5.74) is -0.0599. The van der Waals surface area contributed by atoms with E-state index < -0.39 is 17.7 Å². The van der Waals surface area contributed by atoms with Gasteiger partial charge in [-0.1, -0.05) is 6.07 Å². The van der Waals surface area contributed by atoms with Crippen molar-refractivity contribution in [2.24, 2.45) is 5.92 Å². The lowest BCUT2D eigenvalue weighted by molar-refractivity contribution is -0.0445. The third kappa shape index (κ3) is 3.06. The molecule has 1 aliphatic carbocycles. The van der Waals surface area contributed by atoms with Crippen molar-refractivity contribution in [2.75, 3.05) is 6.61 Å². The van der Waals surface area contributed by atoms with Gasteiger partial charge in [-0.2, -0.15) is 0 Å². The molecule has 1 aromatic rings. The monoisotopic (exact) mass is 256 g/mol. The van der Waals surface area contributed by atoms with Crippen molar-refractivity contribution < 1.29 is 18.6 Å². The Balaban J connectivity index is 2.07. The van der Waals surface area contributed by atoms with Crippen LogP contribution in [0.1, 0.15) is 25.3 Å². The number of rotatable bonds is 6. The first-order chi connectivity index (χ1) is 8.63. The van der Waals surface area contributed by atoms with Gasteiger partial charge in [0.25, 0.3) is 0 Å². The SMILES string of the molecule is CCOC(C(O)Cc1c(F)cccc1F)C1CC1. The van der Waals surface area contributed by atoms with Crippen molar-refractivity contribution in [1.82, 2.24) is 0 Å². The van der Waals surface area contributed by atoms with Crippen LogP contribution >= 0.6 is 0 Å². The van der Waals surface area contributed by atoms with Crippen LogP contribution in [0.15, 0.2) is 18.2 Å². The van der Waals surface area contributed by atoms with E-state index in [1.165, 1.54) is 18.2 Å². The summed E-state index contributed by atoms with van der Waals surface area (Å²) in [5, 5.41) is 10.1. The van der Waals surface area contributed by atoms with E-state index in [1.54, 1.807) is 0 Å². The molecule has 0 bridgehead atoms. The molecule has 1 aliphatic rings. The van der Waals surface area contributed by atoms with E-state index >= 15 is 0 Å². The fraction of sp³-hybridized carbons (Fsp3) is 0.571. The number of aliphatic hydroxyl groups excluding tert-OH is 1. The molecular weight excluding hydrogens is 238 g/mol. The highest BCUT2D eigenvalue weighted by Gasteiger charge is 2.37. The van der Waals surface area contributed by atoms with Gasteiger partial charge < -0.3 is 9.84 Å². The van der Waals surface area contributed by atoms with E-state index in [2.05, 4.69) is 0 Å². The Bertz CT molecular complexity index is 385. The van der Waals surface area contributed by atoms with E-state index in [9.17, 15) is 13.9 Å². The Morgan fingerprint density at radius 1 is 1.33 bits per heavy atom. The van der Waals surface area contributed by atoms with Gasteiger partial charge in [0.05, 0.1) is 12.2 Å². The molecule has 0 spiro atoms. The maximum atomic E-state index is 13.5. The molecule has 1 aromatic carbocycles. The summed E-state index contributed by atoms with van der Waals surface area (Å²) < 4.78 is 32.5. The lowest BCUT2D eigenvalue weighted by atomic mass is 10.00. The first-order valence-corrected chi connectivity index (χ1v) is 6.36. The predicted molar refractivity (Wildman–Crippen MR) is 64.2 cm³/mol. The zero-order valence-electron chi connectivity index (χ0n) is 10.4. The molecule has 4 heteroatoms. The van der Waals surface area contributed by atoms with Crippen LogP contribution in [-0.4, -0.2) is 23.9 Å². The second-order valence-electron chi connectivity index (χ2n) is 4.73. The van der Waals surface area contributed by atoms with Crippen molar-refractivity contribution in [3.05, 3.63) is 35.4 Å². The lowest BCUT2D eigenvalue weighted by Gasteiger charge is -2.23. The molecule has 0 saturated heterocycles. The molecule has 1 fully saturated rings. The van der Waals surface area contributed by atoms with Gasteiger partial charge in [-0.15, -0.1) is 0 Å². The molecule has 0 aliphatic heterocycles. The zero-order valence-corrected chi connectivity index (χ0v) is 10.4. The third-order valence-electron chi connectivity index (χ3n) is 3.30. The maximum Gasteiger partial charge on any atom is 0.129 e. The molecule has 1 saturated carbocycles. The van der Waals surface area contributed by atoms with Crippen LogP contribution in [0.2, 0.25) is 0 Å². The Morgan fingerprint density at radius 2 is 1.94 bits per heavy atom. The molecule has 100 valence electrons. The molecule has 0 radical (unpaired) electrons. The normalized spacial score (nSPS) is 18.7. The standard InChI is InChI=1S/C14H18F2O2/c1-2-18-14(9-6-7-9)13(17)8-10-11(15)4-3-5-12(10)16/h3-5,9,13-14,17H,2,6-8H2,1H3. The van der Waals surface area contributed by atoms with Crippen LogP contribution in [0.3, 0.4) is 0 Å². The van der Waals surface area contributed by atoms with Crippen LogP contribution in [-0.2, 0) is 11.2 Å². The van der Waals surface area contributed by atoms with E-state index in [0.717, 1.165) is 12.8 Å². The molecule has 1 N–H and O–H groups in total. The van der Waals surface area contributed by atoms with Crippen molar-refractivity contribution in [2.45, 2.75) is 38.4 Å². The summed E-state index contributed by atoms with van der Waals surface area (Å²) in [6.07, 6.45) is 0.820. The Hall–Kier alpha value is -1.00. The van der Waals surface area contributed by atoms with E-state index in [4.69, 9.17) is 4.74 Å². The van der Waals surface area contributed by atoms with Crippen LogP contribution < -0.4 is 0 Å². The quantitative estimate of drug-likeness (QED) is 0.848. The third-order valence-corrected chi connectivity index (χ3v) is 3.30. The highest BCUT2D eigenvalue weighted by molar-refractivity contribution is 5.20. The smallest absolute Gasteiger partial charge is 0.129 e. The fourth-order valence-electron chi connectivity index (χ4n) is 2.23. The fourth-order valence-corrected chi connectivity index (χ4v) is 2.23. The average molecular weight is 256 g/mol. The minimum Gasteiger partial charge on any atom is -0.390 e. The van der Waals surface area contributed by atoms with Crippen LogP contribution in [0.4, 0.5) is 8.78 Å². The minimum atomic E-state index is -0.858. The zero-order chi connectivity index (χ0) is 13.1. The topological polar surface area (TPSA) is 29.5 Å².